The molecule has 0 fully saturated rings. The quantitative estimate of drug-likeness (QED) is 0.719. The number of nitrogens with one attached hydrogen (secondary N) is 1. The molecule has 22 heavy (non-hydrogen) atoms. The minimum absolute atomic E-state index is 0.142. The molecular formula is C15H11N3O3S. The molecule has 0 saturated heterocycles. The molecule has 1 aliphatic heterocycles. The van der Waals surface area contributed by atoms with Gasteiger partial charge in [-0.15, -0.1) is 11.3 Å². The van der Waals surface area contributed by atoms with Crippen molar-refractivity contribution in [1.29, 1.82) is 0 Å². The van der Waals surface area contributed by atoms with Crippen LogP contribution in [0.25, 0.3) is 4.96 Å². The van der Waals surface area contributed by atoms with E-state index in [-0.39, 0.29) is 29.6 Å². The molecule has 2 N–H and O–H groups in total. The number of carbonyl (C=O) groups excluding carboxylic acids is 1. The molecule has 2 aromatic heterocycles. The van der Waals surface area contributed by atoms with Crippen molar-refractivity contribution >= 4 is 28.0 Å². The van der Waals surface area contributed by atoms with E-state index < -0.39 is 0 Å². The summed E-state index contributed by atoms with van der Waals surface area (Å²) in [7, 11) is 0. The molecule has 3 heterocycles. The molecule has 1 aromatic carbocycles. The van der Waals surface area contributed by atoms with Crippen molar-refractivity contribution in [3.05, 3.63) is 57.3 Å². The van der Waals surface area contributed by atoms with E-state index in [0.717, 1.165) is 5.56 Å². The number of anilines is 1. The lowest BCUT2D eigenvalue weighted by molar-refractivity contribution is -0.116. The second kappa shape index (κ2) is 4.67. The number of carbonyl (C=O) groups is 1. The molecule has 3 aromatic rings. The van der Waals surface area contributed by atoms with Crippen molar-refractivity contribution in [3.63, 3.8) is 0 Å². The van der Waals surface area contributed by atoms with E-state index >= 15 is 0 Å². The summed E-state index contributed by atoms with van der Waals surface area (Å²) in [5, 5.41) is 14.0. The number of benzene rings is 1. The summed E-state index contributed by atoms with van der Waals surface area (Å²) < 4.78 is 1.73. The zero-order chi connectivity index (χ0) is 15.3. The topological polar surface area (TPSA) is 83.7 Å². The summed E-state index contributed by atoms with van der Waals surface area (Å²) in [6.07, 6.45) is 1.97. The van der Waals surface area contributed by atoms with E-state index in [0.29, 0.717) is 16.3 Å². The van der Waals surface area contributed by atoms with Gasteiger partial charge in [0.15, 0.2) is 4.96 Å². The molecule has 6 nitrogen and oxygen atoms in total. The number of amides is 1. The Hall–Kier alpha value is -2.67. The highest BCUT2D eigenvalue weighted by molar-refractivity contribution is 7.15. The monoisotopic (exact) mass is 313 g/mol. The van der Waals surface area contributed by atoms with Gasteiger partial charge in [-0.3, -0.25) is 14.0 Å². The number of thiazole rings is 1. The molecule has 0 saturated carbocycles. The molecule has 1 atom stereocenters. The highest BCUT2D eigenvalue weighted by Gasteiger charge is 2.31. The molecule has 0 aliphatic carbocycles. The summed E-state index contributed by atoms with van der Waals surface area (Å²) >= 11 is 1.34. The minimum Gasteiger partial charge on any atom is -0.508 e. The Labute approximate surface area is 128 Å². The van der Waals surface area contributed by atoms with Gasteiger partial charge in [-0.05, 0) is 17.7 Å². The number of phenols is 1. The third-order valence-electron chi connectivity index (χ3n) is 3.80. The van der Waals surface area contributed by atoms with E-state index in [9.17, 15) is 14.7 Å². The second-order valence-corrected chi connectivity index (χ2v) is 6.00. The predicted molar refractivity (Wildman–Crippen MR) is 82.5 cm³/mol. The van der Waals surface area contributed by atoms with Crippen LogP contribution in [0.3, 0.4) is 0 Å². The lowest BCUT2D eigenvalue weighted by Gasteiger charge is -2.25. The van der Waals surface area contributed by atoms with Crippen LogP contribution in [0.1, 0.15) is 23.5 Å². The molecule has 1 aliphatic rings. The fraction of sp³-hybridized carbons (Fsp3) is 0.133. The average Bonchev–Trinajstić information content (AvgIpc) is 2.95. The normalized spacial score (nSPS) is 17.3. The highest BCUT2D eigenvalue weighted by Crippen LogP contribution is 2.35. The van der Waals surface area contributed by atoms with E-state index in [1.165, 1.54) is 11.3 Å². The van der Waals surface area contributed by atoms with Gasteiger partial charge >= 0.3 is 0 Å². The minimum atomic E-state index is -0.360. The molecule has 110 valence electrons. The molecule has 4 rings (SSSR count). The van der Waals surface area contributed by atoms with Gasteiger partial charge in [0.25, 0.3) is 5.56 Å². The number of rotatable bonds is 1. The van der Waals surface area contributed by atoms with Crippen molar-refractivity contribution in [2.45, 2.75) is 12.3 Å². The van der Waals surface area contributed by atoms with Crippen molar-refractivity contribution in [1.82, 2.24) is 9.38 Å². The zero-order valence-corrected chi connectivity index (χ0v) is 12.1. The first-order valence-electron chi connectivity index (χ1n) is 6.72. The van der Waals surface area contributed by atoms with Crippen LogP contribution in [0, 0.1) is 0 Å². The van der Waals surface area contributed by atoms with Gasteiger partial charge in [-0.1, -0.05) is 12.1 Å². The summed E-state index contributed by atoms with van der Waals surface area (Å²) in [4.78, 5) is 29.1. The van der Waals surface area contributed by atoms with Crippen LogP contribution in [0.5, 0.6) is 5.75 Å². The van der Waals surface area contributed by atoms with Crippen LogP contribution in [-0.4, -0.2) is 20.4 Å². The van der Waals surface area contributed by atoms with E-state index in [1.54, 1.807) is 34.9 Å². The fourth-order valence-electron chi connectivity index (χ4n) is 2.80. The number of fused-ring (bicyclic) bond motifs is 3. The molecule has 0 radical (unpaired) electrons. The average molecular weight is 313 g/mol. The predicted octanol–water partition coefficient (Wildman–Crippen LogP) is 1.94. The first-order valence-corrected chi connectivity index (χ1v) is 7.60. The smallest absolute Gasteiger partial charge is 0.279 e. The Morgan fingerprint density at radius 3 is 2.82 bits per heavy atom. The Balaban J connectivity index is 1.99. The van der Waals surface area contributed by atoms with Gasteiger partial charge in [0.1, 0.15) is 11.6 Å². The highest BCUT2D eigenvalue weighted by atomic mass is 32.1. The van der Waals surface area contributed by atoms with Gasteiger partial charge in [0.2, 0.25) is 5.91 Å². The Morgan fingerprint density at radius 1 is 1.27 bits per heavy atom. The fourth-order valence-corrected chi connectivity index (χ4v) is 3.51. The molecule has 0 bridgehead atoms. The van der Waals surface area contributed by atoms with Crippen LogP contribution in [0.4, 0.5) is 5.82 Å². The third kappa shape index (κ3) is 1.90. The SMILES string of the molecule is O=C1CC(c2ccc(O)cc2)c2c(n3ccsc3nc2=O)N1. The maximum atomic E-state index is 12.4. The van der Waals surface area contributed by atoms with Crippen molar-refractivity contribution in [2.24, 2.45) is 0 Å². The van der Waals surface area contributed by atoms with Crippen LogP contribution < -0.4 is 10.9 Å². The maximum absolute atomic E-state index is 12.4. The number of hydrogen-bond donors (Lipinski definition) is 2. The molecule has 7 heteroatoms. The zero-order valence-electron chi connectivity index (χ0n) is 11.3. The number of aromatic nitrogens is 2. The molecular weight excluding hydrogens is 302 g/mol. The van der Waals surface area contributed by atoms with Gasteiger partial charge in [0.05, 0.1) is 5.56 Å². The van der Waals surface area contributed by atoms with Crippen LogP contribution in [-0.2, 0) is 4.79 Å². The number of phenolic OH excluding ortho intramolecular Hbond substituents is 1. The van der Waals surface area contributed by atoms with Gasteiger partial charge in [-0.2, -0.15) is 4.98 Å². The number of nitrogens with zero attached hydrogens (tertiary/aromatic N) is 2. The summed E-state index contributed by atoms with van der Waals surface area (Å²) in [5.41, 5.74) is 0.972. The van der Waals surface area contributed by atoms with Crippen molar-refractivity contribution < 1.29 is 9.90 Å². The second-order valence-electron chi connectivity index (χ2n) is 5.13. The molecule has 1 amide bonds. The maximum Gasteiger partial charge on any atom is 0.279 e. The molecule has 0 spiro atoms. The summed E-state index contributed by atoms with van der Waals surface area (Å²) in [6, 6.07) is 6.56. The van der Waals surface area contributed by atoms with E-state index in [2.05, 4.69) is 10.3 Å². The van der Waals surface area contributed by atoms with E-state index in [4.69, 9.17) is 0 Å². The Bertz CT molecular complexity index is 943. The standard InChI is InChI=1S/C15H11N3O3S/c19-9-3-1-8(2-4-9)10-7-11(20)16-13-12(10)14(21)17-15-18(13)5-6-22-15/h1-6,10,19H,7H2,(H,16,20). The Kier molecular flexibility index (Phi) is 2.77. The number of aromatic hydroxyl groups is 1. The van der Waals surface area contributed by atoms with Gasteiger partial charge in [-0.25, -0.2) is 0 Å². The summed E-state index contributed by atoms with van der Waals surface area (Å²) in [6.45, 7) is 0. The largest absolute Gasteiger partial charge is 0.508 e. The van der Waals surface area contributed by atoms with E-state index in [1.807, 2.05) is 5.38 Å². The van der Waals surface area contributed by atoms with Crippen molar-refractivity contribution in [3.8, 4) is 5.75 Å². The Morgan fingerprint density at radius 2 is 2.05 bits per heavy atom. The van der Waals surface area contributed by atoms with Gasteiger partial charge < -0.3 is 10.4 Å². The number of hydrogen-bond acceptors (Lipinski definition) is 5. The third-order valence-corrected chi connectivity index (χ3v) is 4.56. The van der Waals surface area contributed by atoms with Gasteiger partial charge in [0, 0.05) is 23.9 Å². The van der Waals surface area contributed by atoms with Crippen molar-refractivity contribution in [2.75, 3.05) is 5.32 Å². The summed E-state index contributed by atoms with van der Waals surface area (Å²) in [5.74, 6) is 0.135. The lowest BCUT2D eigenvalue weighted by Crippen LogP contribution is -2.31. The van der Waals surface area contributed by atoms with Crippen LogP contribution in [0.15, 0.2) is 40.6 Å². The first-order chi connectivity index (χ1) is 10.6. The lowest BCUT2D eigenvalue weighted by atomic mass is 9.87. The van der Waals surface area contributed by atoms with Crippen LogP contribution >= 0.6 is 11.3 Å². The van der Waals surface area contributed by atoms with Crippen LogP contribution in [0.2, 0.25) is 0 Å². The first kappa shape index (κ1) is 13.0. The molecule has 1 unspecified atom stereocenters.